The molecule has 7 nitrogen and oxygen atoms in total. The first-order valence-corrected chi connectivity index (χ1v) is 10.7. The standard InChI is InChI=1S/C23H21N5O2S/c1-14-11-17(10-9-15-7-8-15)20-19(21(14)31)28(13-30-20)27-23(29)22-24-18(25-26-22)12-16-5-3-2-4-6-16/h2-6,11,14-15H,7-8,12-13H2,1H3,(H,27,29)(H,24,25,26)/t14-/m0/s1. The number of thiocarbonyl (C=S) groups is 1. The van der Waals surface area contributed by atoms with Crippen LogP contribution in [0.4, 0.5) is 0 Å². The molecule has 2 N–H and O–H groups in total. The van der Waals surface area contributed by atoms with Crippen LogP contribution in [0.1, 0.15) is 41.8 Å². The molecule has 5 rings (SSSR count). The summed E-state index contributed by atoms with van der Waals surface area (Å²) in [6.45, 7) is 2.18. The Morgan fingerprint density at radius 3 is 2.94 bits per heavy atom. The monoisotopic (exact) mass is 431 g/mol. The third-order valence-corrected chi connectivity index (χ3v) is 5.87. The number of carbonyl (C=O) groups is 1. The van der Waals surface area contributed by atoms with Crippen molar-refractivity contribution in [3.05, 3.63) is 70.6 Å². The fourth-order valence-electron chi connectivity index (χ4n) is 3.48. The molecule has 1 aromatic carbocycles. The SMILES string of the molecule is C[C@H]1C=C(C#CC2CC2)C2=C(C1=S)N(NC(=O)c1n[nH]c(Cc3ccccc3)n1)CO2. The van der Waals surface area contributed by atoms with E-state index in [0.29, 0.717) is 34.5 Å². The zero-order chi connectivity index (χ0) is 21.4. The number of hydrogen-bond donors (Lipinski definition) is 2. The van der Waals surface area contributed by atoms with Gasteiger partial charge in [0.05, 0.1) is 10.4 Å². The van der Waals surface area contributed by atoms with Crippen LogP contribution in [0.5, 0.6) is 0 Å². The van der Waals surface area contributed by atoms with Crippen LogP contribution in [0.25, 0.3) is 0 Å². The molecule has 8 heteroatoms. The lowest BCUT2D eigenvalue weighted by atomic mass is 9.93. The number of hydrogen-bond acceptors (Lipinski definition) is 6. The highest BCUT2D eigenvalue weighted by molar-refractivity contribution is 7.80. The Hall–Kier alpha value is -3.44. The van der Waals surface area contributed by atoms with Crippen molar-refractivity contribution >= 4 is 23.0 Å². The first-order valence-electron chi connectivity index (χ1n) is 10.3. The number of rotatable bonds is 4. The van der Waals surface area contributed by atoms with Gasteiger partial charge in [0.15, 0.2) is 12.5 Å². The minimum absolute atomic E-state index is 0.0272. The van der Waals surface area contributed by atoms with Gasteiger partial charge in [-0.15, -0.1) is 5.10 Å². The van der Waals surface area contributed by atoms with Crippen molar-refractivity contribution in [1.29, 1.82) is 0 Å². The van der Waals surface area contributed by atoms with Gasteiger partial charge in [-0.25, -0.2) is 9.99 Å². The van der Waals surface area contributed by atoms with Gasteiger partial charge in [-0.3, -0.25) is 15.3 Å². The number of carbonyl (C=O) groups excluding carboxylic acids is 1. The van der Waals surface area contributed by atoms with E-state index in [1.807, 2.05) is 43.3 Å². The van der Waals surface area contributed by atoms with E-state index in [0.717, 1.165) is 24.0 Å². The molecule has 0 radical (unpaired) electrons. The summed E-state index contributed by atoms with van der Waals surface area (Å²) in [6, 6.07) is 9.88. The second-order valence-corrected chi connectivity index (χ2v) is 8.30. The van der Waals surface area contributed by atoms with Crippen LogP contribution in [-0.4, -0.2) is 37.7 Å². The second-order valence-electron chi connectivity index (χ2n) is 7.87. The molecule has 0 bridgehead atoms. The predicted octanol–water partition coefficient (Wildman–Crippen LogP) is 2.90. The second kappa shape index (κ2) is 8.00. The van der Waals surface area contributed by atoms with E-state index in [2.05, 4.69) is 32.4 Å². The Kier molecular flexibility index (Phi) is 5.04. The first kappa shape index (κ1) is 19.5. The van der Waals surface area contributed by atoms with E-state index in [9.17, 15) is 4.79 Å². The number of ether oxygens (including phenoxy) is 1. The Balaban J connectivity index is 1.31. The molecule has 1 aromatic heterocycles. The zero-order valence-corrected chi connectivity index (χ0v) is 17.8. The molecular formula is C23H21N5O2S. The molecule has 1 aliphatic heterocycles. The number of aromatic nitrogens is 3. The van der Waals surface area contributed by atoms with E-state index in [4.69, 9.17) is 17.0 Å². The zero-order valence-electron chi connectivity index (χ0n) is 17.0. The van der Waals surface area contributed by atoms with Gasteiger partial charge in [0.25, 0.3) is 0 Å². The van der Waals surface area contributed by atoms with Gasteiger partial charge in [-0.1, -0.05) is 67.4 Å². The van der Waals surface area contributed by atoms with Gasteiger partial charge < -0.3 is 4.74 Å². The van der Waals surface area contributed by atoms with Crippen LogP contribution < -0.4 is 5.43 Å². The number of amides is 1. The molecule has 1 fully saturated rings. The fourth-order valence-corrected chi connectivity index (χ4v) is 3.75. The summed E-state index contributed by atoms with van der Waals surface area (Å²) in [5.74, 6) is 7.92. The lowest BCUT2D eigenvalue weighted by molar-refractivity contribution is 0.0718. The highest BCUT2D eigenvalue weighted by atomic mass is 32.1. The molecule has 2 aromatic rings. The van der Waals surface area contributed by atoms with E-state index < -0.39 is 5.91 Å². The van der Waals surface area contributed by atoms with Gasteiger partial charge in [-0.05, 0) is 18.4 Å². The third-order valence-electron chi connectivity index (χ3n) is 5.31. The minimum Gasteiger partial charge on any atom is -0.468 e. The normalized spacial score (nSPS) is 19.9. The number of H-pyrrole nitrogens is 1. The average Bonchev–Trinajstić information content (AvgIpc) is 3.32. The number of nitrogens with one attached hydrogen (secondary N) is 2. The van der Waals surface area contributed by atoms with Gasteiger partial charge >= 0.3 is 5.91 Å². The lowest BCUT2D eigenvalue weighted by Crippen LogP contribution is -2.43. The summed E-state index contributed by atoms with van der Waals surface area (Å²) < 4.78 is 5.86. The van der Waals surface area contributed by atoms with Gasteiger partial charge in [-0.2, -0.15) is 0 Å². The van der Waals surface area contributed by atoms with Crippen molar-refractivity contribution in [1.82, 2.24) is 25.6 Å². The minimum atomic E-state index is -0.427. The van der Waals surface area contributed by atoms with Crippen molar-refractivity contribution in [2.24, 2.45) is 11.8 Å². The van der Waals surface area contributed by atoms with Crippen molar-refractivity contribution in [3.8, 4) is 11.8 Å². The molecule has 3 aliphatic rings. The third kappa shape index (κ3) is 4.09. The molecule has 1 atom stereocenters. The summed E-state index contributed by atoms with van der Waals surface area (Å²) in [7, 11) is 0. The van der Waals surface area contributed by atoms with Crippen molar-refractivity contribution in [2.45, 2.75) is 26.2 Å². The van der Waals surface area contributed by atoms with Crippen molar-refractivity contribution < 1.29 is 9.53 Å². The first-order chi connectivity index (χ1) is 15.1. The van der Waals surface area contributed by atoms with Gasteiger partial charge in [0.1, 0.15) is 11.5 Å². The molecule has 156 valence electrons. The van der Waals surface area contributed by atoms with E-state index >= 15 is 0 Å². The van der Waals surface area contributed by atoms with Crippen molar-refractivity contribution in [3.63, 3.8) is 0 Å². The highest BCUT2D eigenvalue weighted by Crippen LogP contribution is 2.34. The smallest absolute Gasteiger partial charge is 0.309 e. The molecule has 2 aliphatic carbocycles. The number of benzene rings is 1. The molecular weight excluding hydrogens is 410 g/mol. The quantitative estimate of drug-likeness (QED) is 0.572. The Morgan fingerprint density at radius 1 is 1.35 bits per heavy atom. The molecule has 31 heavy (non-hydrogen) atoms. The Bertz CT molecular complexity index is 1170. The summed E-state index contributed by atoms with van der Waals surface area (Å²) >= 11 is 5.63. The number of allylic oxidation sites excluding steroid dienone is 3. The maximum Gasteiger partial charge on any atom is 0.309 e. The molecule has 2 heterocycles. The summed E-state index contributed by atoms with van der Waals surface area (Å²) in [4.78, 5) is 17.8. The number of hydrazine groups is 1. The summed E-state index contributed by atoms with van der Waals surface area (Å²) in [6.07, 6.45) is 4.92. The summed E-state index contributed by atoms with van der Waals surface area (Å²) in [5.41, 5.74) is 5.44. The molecule has 1 saturated carbocycles. The van der Waals surface area contributed by atoms with Crippen LogP contribution in [-0.2, 0) is 11.2 Å². The van der Waals surface area contributed by atoms with E-state index in [-0.39, 0.29) is 18.5 Å². The molecule has 0 unspecified atom stereocenters. The average molecular weight is 432 g/mol. The van der Waals surface area contributed by atoms with Crippen LogP contribution in [0.15, 0.2) is 53.4 Å². The molecule has 0 saturated heterocycles. The van der Waals surface area contributed by atoms with Crippen molar-refractivity contribution in [2.75, 3.05) is 6.73 Å². The molecule has 1 amide bonds. The summed E-state index contributed by atoms with van der Waals surface area (Å²) in [5, 5.41) is 8.52. The maximum absolute atomic E-state index is 12.8. The number of aromatic amines is 1. The van der Waals surface area contributed by atoms with Crippen LogP contribution in [0, 0.1) is 23.7 Å². The predicted molar refractivity (Wildman–Crippen MR) is 118 cm³/mol. The highest BCUT2D eigenvalue weighted by Gasteiger charge is 2.36. The van der Waals surface area contributed by atoms with E-state index in [1.165, 1.54) is 0 Å². The van der Waals surface area contributed by atoms with Crippen LogP contribution in [0.3, 0.4) is 0 Å². The van der Waals surface area contributed by atoms with Crippen LogP contribution >= 0.6 is 12.2 Å². The lowest BCUT2D eigenvalue weighted by Gasteiger charge is -2.24. The Labute approximate surface area is 185 Å². The maximum atomic E-state index is 12.8. The largest absolute Gasteiger partial charge is 0.468 e. The van der Waals surface area contributed by atoms with Crippen LogP contribution in [0.2, 0.25) is 0 Å². The topological polar surface area (TPSA) is 83.1 Å². The van der Waals surface area contributed by atoms with Gasteiger partial charge in [0.2, 0.25) is 5.82 Å². The molecule has 0 spiro atoms. The van der Waals surface area contributed by atoms with Gasteiger partial charge in [0, 0.05) is 18.3 Å². The Morgan fingerprint density at radius 2 is 2.16 bits per heavy atom. The fraction of sp³-hybridized carbons (Fsp3) is 0.304. The van der Waals surface area contributed by atoms with E-state index in [1.54, 1.807) is 5.01 Å². The number of nitrogens with zero attached hydrogens (tertiary/aromatic N) is 3.